The summed E-state index contributed by atoms with van der Waals surface area (Å²) >= 11 is 12.2. The second-order valence-corrected chi connectivity index (χ2v) is 7.01. The van der Waals surface area contributed by atoms with E-state index in [0.717, 1.165) is 11.4 Å². The molecule has 0 aliphatic rings. The third-order valence-corrected chi connectivity index (χ3v) is 4.58. The summed E-state index contributed by atoms with van der Waals surface area (Å²) in [5.74, 6) is 0.0830. The van der Waals surface area contributed by atoms with Gasteiger partial charge in [0.25, 0.3) is 5.91 Å². The summed E-state index contributed by atoms with van der Waals surface area (Å²) in [5.41, 5.74) is 1.85. The van der Waals surface area contributed by atoms with E-state index in [1.165, 1.54) is 17.4 Å². The van der Waals surface area contributed by atoms with Crippen LogP contribution in [0, 0.1) is 0 Å². The summed E-state index contributed by atoms with van der Waals surface area (Å²) < 4.78 is 5.78. The minimum Gasteiger partial charge on any atom is -0.436 e. The summed E-state index contributed by atoms with van der Waals surface area (Å²) in [6.07, 6.45) is 2.72. The lowest BCUT2D eigenvalue weighted by atomic mass is 10.2. The molecule has 0 spiro atoms. The Hall–Kier alpha value is -2.83. The number of hydrogen-bond donors (Lipinski definition) is 0. The quantitative estimate of drug-likeness (QED) is 0.590. The number of anilines is 2. The fourth-order valence-corrected chi connectivity index (χ4v) is 2.94. The zero-order valence-electron chi connectivity index (χ0n) is 15.6. The van der Waals surface area contributed by atoms with E-state index < -0.39 is 0 Å². The van der Waals surface area contributed by atoms with Gasteiger partial charge in [-0.2, -0.15) is 0 Å². The number of rotatable bonds is 5. The smallest absolute Gasteiger partial charge is 0.265 e. The SMILES string of the molecule is CN(C)c1ccccc1N(C)C(=O)c1cncnc1Oc1cc(Cl)ccc1Cl. The molecule has 1 aromatic heterocycles. The molecule has 0 aliphatic carbocycles. The van der Waals surface area contributed by atoms with Gasteiger partial charge in [-0.1, -0.05) is 35.3 Å². The lowest BCUT2D eigenvalue weighted by Crippen LogP contribution is -2.28. The second-order valence-electron chi connectivity index (χ2n) is 6.17. The average molecular weight is 417 g/mol. The monoisotopic (exact) mass is 416 g/mol. The van der Waals surface area contributed by atoms with E-state index in [2.05, 4.69) is 9.97 Å². The molecule has 0 bridgehead atoms. The number of amides is 1. The molecule has 3 rings (SSSR count). The van der Waals surface area contributed by atoms with Gasteiger partial charge in [0.05, 0.1) is 16.4 Å². The Kier molecular flexibility index (Phi) is 6.02. The van der Waals surface area contributed by atoms with Gasteiger partial charge in [-0.05, 0) is 24.3 Å². The Labute approximate surface area is 173 Å². The van der Waals surface area contributed by atoms with E-state index in [1.54, 1.807) is 25.2 Å². The van der Waals surface area contributed by atoms with Crippen molar-refractivity contribution in [2.75, 3.05) is 30.9 Å². The molecule has 3 aromatic rings. The van der Waals surface area contributed by atoms with Crippen LogP contribution in [0.15, 0.2) is 55.0 Å². The van der Waals surface area contributed by atoms with Crippen LogP contribution in [0.1, 0.15) is 10.4 Å². The van der Waals surface area contributed by atoms with E-state index in [4.69, 9.17) is 27.9 Å². The Morgan fingerprint density at radius 2 is 1.75 bits per heavy atom. The van der Waals surface area contributed by atoms with Crippen molar-refractivity contribution >= 4 is 40.5 Å². The zero-order valence-corrected chi connectivity index (χ0v) is 17.1. The Morgan fingerprint density at radius 3 is 2.46 bits per heavy atom. The van der Waals surface area contributed by atoms with Gasteiger partial charge >= 0.3 is 0 Å². The van der Waals surface area contributed by atoms with Crippen LogP contribution in [0.2, 0.25) is 10.0 Å². The number of para-hydroxylation sites is 2. The van der Waals surface area contributed by atoms with Gasteiger partial charge < -0.3 is 14.5 Å². The van der Waals surface area contributed by atoms with Crippen molar-refractivity contribution in [3.8, 4) is 11.6 Å². The highest BCUT2D eigenvalue weighted by atomic mass is 35.5. The van der Waals surface area contributed by atoms with Crippen LogP contribution in [-0.4, -0.2) is 37.0 Å². The highest BCUT2D eigenvalue weighted by Gasteiger charge is 2.22. The fraction of sp³-hybridized carbons (Fsp3) is 0.150. The first-order valence-electron chi connectivity index (χ1n) is 8.36. The molecule has 1 heterocycles. The number of aromatic nitrogens is 2. The number of hydrogen-bond acceptors (Lipinski definition) is 5. The maximum Gasteiger partial charge on any atom is 0.265 e. The minimum absolute atomic E-state index is 0.0957. The van der Waals surface area contributed by atoms with Gasteiger partial charge in [-0.25, -0.2) is 9.97 Å². The minimum atomic E-state index is -0.317. The van der Waals surface area contributed by atoms with E-state index in [0.29, 0.717) is 15.8 Å². The lowest BCUT2D eigenvalue weighted by Gasteiger charge is -2.24. The summed E-state index contributed by atoms with van der Waals surface area (Å²) in [5, 5.41) is 0.811. The van der Waals surface area contributed by atoms with Gasteiger partial charge in [0.2, 0.25) is 5.88 Å². The standard InChI is InChI=1S/C20H18Cl2N4O2/c1-25(2)16-6-4-5-7-17(16)26(3)20(27)14-11-23-12-24-19(14)28-18-10-13(21)8-9-15(18)22/h4-12H,1-3H3. The van der Waals surface area contributed by atoms with Gasteiger partial charge in [0.15, 0.2) is 0 Å². The van der Waals surface area contributed by atoms with Crippen molar-refractivity contribution in [3.63, 3.8) is 0 Å². The van der Waals surface area contributed by atoms with Gasteiger partial charge in [-0.3, -0.25) is 4.79 Å². The van der Waals surface area contributed by atoms with Crippen LogP contribution in [-0.2, 0) is 0 Å². The van der Waals surface area contributed by atoms with Crippen LogP contribution in [0.3, 0.4) is 0 Å². The van der Waals surface area contributed by atoms with Gasteiger partial charge in [0, 0.05) is 38.4 Å². The first-order chi connectivity index (χ1) is 13.4. The van der Waals surface area contributed by atoms with Crippen molar-refractivity contribution in [2.24, 2.45) is 0 Å². The van der Waals surface area contributed by atoms with Crippen LogP contribution >= 0.6 is 23.2 Å². The van der Waals surface area contributed by atoms with Crippen LogP contribution in [0.25, 0.3) is 0 Å². The molecule has 0 fully saturated rings. The number of carbonyl (C=O) groups excluding carboxylic acids is 1. The number of carbonyl (C=O) groups is 1. The molecule has 2 aromatic carbocycles. The van der Waals surface area contributed by atoms with Crippen LogP contribution < -0.4 is 14.5 Å². The maximum absolute atomic E-state index is 13.2. The largest absolute Gasteiger partial charge is 0.436 e. The Morgan fingerprint density at radius 1 is 1.04 bits per heavy atom. The highest BCUT2D eigenvalue weighted by Crippen LogP contribution is 2.33. The predicted molar refractivity (Wildman–Crippen MR) is 112 cm³/mol. The molecule has 0 aliphatic heterocycles. The lowest BCUT2D eigenvalue weighted by molar-refractivity contribution is 0.0990. The van der Waals surface area contributed by atoms with E-state index in [-0.39, 0.29) is 17.4 Å². The molecule has 0 N–H and O–H groups in total. The topological polar surface area (TPSA) is 58.6 Å². The second kappa shape index (κ2) is 8.46. The summed E-state index contributed by atoms with van der Waals surface area (Å²) in [4.78, 5) is 24.7. The van der Waals surface area contributed by atoms with Crippen molar-refractivity contribution in [2.45, 2.75) is 0 Å². The molecule has 1 amide bonds. The highest BCUT2D eigenvalue weighted by molar-refractivity contribution is 6.34. The number of halogens is 2. The number of ether oxygens (including phenoxy) is 1. The Bertz CT molecular complexity index is 1010. The average Bonchev–Trinajstić information content (AvgIpc) is 2.70. The van der Waals surface area contributed by atoms with E-state index >= 15 is 0 Å². The molecule has 144 valence electrons. The van der Waals surface area contributed by atoms with Crippen LogP contribution in [0.4, 0.5) is 11.4 Å². The normalized spacial score (nSPS) is 10.5. The van der Waals surface area contributed by atoms with Crippen molar-refractivity contribution < 1.29 is 9.53 Å². The molecule has 8 heteroatoms. The van der Waals surface area contributed by atoms with Crippen molar-refractivity contribution in [1.29, 1.82) is 0 Å². The number of nitrogens with zero attached hydrogens (tertiary/aromatic N) is 4. The van der Waals surface area contributed by atoms with Gasteiger partial charge in [0.1, 0.15) is 17.6 Å². The third-order valence-electron chi connectivity index (χ3n) is 4.04. The van der Waals surface area contributed by atoms with E-state index in [1.807, 2.05) is 43.3 Å². The summed E-state index contributed by atoms with van der Waals surface area (Å²) in [7, 11) is 5.52. The molecular formula is C20H18Cl2N4O2. The molecule has 6 nitrogen and oxygen atoms in total. The van der Waals surface area contributed by atoms with Crippen molar-refractivity contribution in [1.82, 2.24) is 9.97 Å². The molecule has 0 saturated heterocycles. The third kappa shape index (κ3) is 4.18. The molecule has 0 unspecified atom stereocenters. The van der Waals surface area contributed by atoms with E-state index in [9.17, 15) is 4.79 Å². The molecule has 0 atom stereocenters. The Balaban J connectivity index is 1.96. The van der Waals surface area contributed by atoms with Crippen LogP contribution in [0.5, 0.6) is 11.6 Å². The summed E-state index contributed by atoms with van der Waals surface area (Å²) in [6.45, 7) is 0. The zero-order chi connectivity index (χ0) is 20.3. The first kappa shape index (κ1) is 19.9. The maximum atomic E-state index is 13.2. The summed E-state index contributed by atoms with van der Waals surface area (Å²) in [6, 6.07) is 12.4. The van der Waals surface area contributed by atoms with Crippen molar-refractivity contribution in [3.05, 3.63) is 70.6 Å². The molecule has 0 radical (unpaired) electrons. The number of benzene rings is 2. The first-order valence-corrected chi connectivity index (χ1v) is 9.11. The molecular weight excluding hydrogens is 399 g/mol. The fourth-order valence-electron chi connectivity index (χ4n) is 2.62. The molecule has 28 heavy (non-hydrogen) atoms. The van der Waals surface area contributed by atoms with Gasteiger partial charge in [-0.15, -0.1) is 0 Å². The predicted octanol–water partition coefficient (Wildman–Crippen LogP) is 4.92. The molecule has 0 saturated carbocycles.